The zero-order chi connectivity index (χ0) is 20.9. The first-order valence-corrected chi connectivity index (χ1v) is 10.8. The maximum absolute atomic E-state index is 13.2. The normalized spacial score (nSPS) is 17.5. The van der Waals surface area contributed by atoms with Crippen molar-refractivity contribution < 1.29 is 22.7 Å². The molecule has 29 heavy (non-hydrogen) atoms. The van der Waals surface area contributed by atoms with Crippen molar-refractivity contribution in [3.05, 3.63) is 48.3 Å². The van der Waals surface area contributed by atoms with Crippen LogP contribution in [0.15, 0.2) is 47.5 Å². The second-order valence-electron chi connectivity index (χ2n) is 6.76. The first-order valence-electron chi connectivity index (χ1n) is 9.35. The topological polar surface area (TPSA) is 97.8 Å². The van der Waals surface area contributed by atoms with Gasteiger partial charge in [0, 0.05) is 25.4 Å². The van der Waals surface area contributed by atoms with Gasteiger partial charge < -0.3 is 14.8 Å². The number of piperidine rings is 1. The van der Waals surface area contributed by atoms with Gasteiger partial charge in [0.2, 0.25) is 15.9 Å². The van der Waals surface area contributed by atoms with E-state index in [1.807, 2.05) is 18.2 Å². The maximum Gasteiger partial charge on any atom is 0.246 e. The van der Waals surface area contributed by atoms with Crippen molar-refractivity contribution in [1.82, 2.24) is 14.6 Å². The molecule has 2 heterocycles. The minimum absolute atomic E-state index is 0.0360. The van der Waals surface area contributed by atoms with E-state index >= 15 is 0 Å². The molecule has 156 valence electrons. The molecule has 1 amide bonds. The molecule has 1 aliphatic heterocycles. The van der Waals surface area contributed by atoms with Gasteiger partial charge in [-0.05, 0) is 37.1 Å². The molecule has 0 aliphatic carbocycles. The molecule has 0 saturated carbocycles. The zero-order valence-corrected chi connectivity index (χ0v) is 17.3. The van der Waals surface area contributed by atoms with E-state index in [0.717, 1.165) is 5.69 Å². The summed E-state index contributed by atoms with van der Waals surface area (Å²) >= 11 is 0. The number of pyridine rings is 1. The number of carbonyl (C=O) groups is 1. The van der Waals surface area contributed by atoms with Crippen molar-refractivity contribution in [3.8, 4) is 11.5 Å². The second-order valence-corrected chi connectivity index (χ2v) is 8.66. The summed E-state index contributed by atoms with van der Waals surface area (Å²) in [5.74, 6) is 0.0746. The highest BCUT2D eigenvalue weighted by atomic mass is 32.2. The summed E-state index contributed by atoms with van der Waals surface area (Å²) in [6, 6.07) is 10.1. The summed E-state index contributed by atoms with van der Waals surface area (Å²) in [6.07, 6.45) is 2.90. The Morgan fingerprint density at radius 3 is 2.76 bits per heavy atom. The van der Waals surface area contributed by atoms with Crippen LogP contribution in [0.25, 0.3) is 0 Å². The lowest BCUT2D eigenvalue weighted by Gasteiger charge is -2.31. The number of hydrogen-bond acceptors (Lipinski definition) is 6. The lowest BCUT2D eigenvalue weighted by Crippen LogP contribution is -2.45. The van der Waals surface area contributed by atoms with Gasteiger partial charge in [-0.3, -0.25) is 9.78 Å². The molecule has 1 aromatic carbocycles. The number of aromatic nitrogens is 1. The van der Waals surface area contributed by atoms with Gasteiger partial charge >= 0.3 is 0 Å². The highest BCUT2D eigenvalue weighted by Gasteiger charge is 2.35. The standard InChI is InChI=1S/C20H25N3O5S/c1-27-17-8-9-18(28-2)19(12-17)29(25,26)23-11-5-6-15(14-23)20(24)22-13-16-7-3-4-10-21-16/h3-4,7-10,12,15H,5-6,11,13-14H2,1-2H3,(H,22,24)/t15-/m0/s1. The van der Waals surface area contributed by atoms with Crippen LogP contribution in [0.3, 0.4) is 0 Å². The van der Waals surface area contributed by atoms with E-state index in [2.05, 4.69) is 10.3 Å². The molecule has 1 fully saturated rings. The number of nitrogens with zero attached hydrogens (tertiary/aromatic N) is 2. The van der Waals surface area contributed by atoms with Gasteiger partial charge in [0.1, 0.15) is 16.4 Å². The van der Waals surface area contributed by atoms with Crippen molar-refractivity contribution in [2.45, 2.75) is 24.3 Å². The zero-order valence-electron chi connectivity index (χ0n) is 16.5. The molecule has 8 nitrogen and oxygen atoms in total. The fourth-order valence-electron chi connectivity index (χ4n) is 3.32. The van der Waals surface area contributed by atoms with Crippen LogP contribution in [0.2, 0.25) is 0 Å². The van der Waals surface area contributed by atoms with Crippen LogP contribution in [-0.2, 0) is 21.4 Å². The molecule has 0 radical (unpaired) electrons. The largest absolute Gasteiger partial charge is 0.497 e. The Balaban J connectivity index is 1.73. The van der Waals surface area contributed by atoms with Gasteiger partial charge in [0.05, 0.1) is 32.4 Å². The molecular formula is C20H25N3O5S. The Labute approximate surface area is 170 Å². The number of sulfonamides is 1. The van der Waals surface area contributed by atoms with Crippen LogP contribution < -0.4 is 14.8 Å². The Hall–Kier alpha value is -2.65. The average molecular weight is 420 g/mol. The first kappa shape index (κ1) is 21.1. The monoisotopic (exact) mass is 419 g/mol. The third-order valence-electron chi connectivity index (χ3n) is 4.91. The molecule has 0 unspecified atom stereocenters. The van der Waals surface area contributed by atoms with Crippen molar-refractivity contribution >= 4 is 15.9 Å². The second kappa shape index (κ2) is 9.23. The van der Waals surface area contributed by atoms with Crippen LogP contribution in [0, 0.1) is 5.92 Å². The Kier molecular flexibility index (Phi) is 6.71. The molecule has 1 atom stereocenters. The lowest BCUT2D eigenvalue weighted by atomic mass is 9.99. The van der Waals surface area contributed by atoms with Gasteiger partial charge in [-0.25, -0.2) is 8.42 Å². The maximum atomic E-state index is 13.2. The Bertz CT molecular complexity index is 950. The van der Waals surface area contributed by atoms with E-state index in [0.29, 0.717) is 31.7 Å². The van der Waals surface area contributed by atoms with Gasteiger partial charge in [-0.1, -0.05) is 6.07 Å². The number of hydrogen-bond donors (Lipinski definition) is 1. The fraction of sp³-hybridized carbons (Fsp3) is 0.400. The van der Waals surface area contributed by atoms with Crippen LogP contribution >= 0.6 is 0 Å². The van der Waals surface area contributed by atoms with E-state index in [4.69, 9.17) is 9.47 Å². The fourth-order valence-corrected chi connectivity index (χ4v) is 5.02. The van der Waals surface area contributed by atoms with E-state index in [1.54, 1.807) is 18.3 Å². The minimum atomic E-state index is -3.83. The molecule has 0 spiro atoms. The molecule has 3 rings (SSSR count). The van der Waals surface area contributed by atoms with Crippen LogP contribution in [0.5, 0.6) is 11.5 Å². The SMILES string of the molecule is COc1ccc(OC)c(S(=O)(=O)N2CCC[C@H](C(=O)NCc3ccccn3)C2)c1. The van der Waals surface area contributed by atoms with Gasteiger partial charge in [0.15, 0.2) is 0 Å². The quantitative estimate of drug-likeness (QED) is 0.735. The molecule has 1 aromatic heterocycles. The van der Waals surface area contributed by atoms with Gasteiger partial charge in [-0.2, -0.15) is 4.31 Å². The predicted molar refractivity (Wildman–Crippen MR) is 107 cm³/mol. The summed E-state index contributed by atoms with van der Waals surface area (Å²) in [7, 11) is -0.940. The van der Waals surface area contributed by atoms with E-state index in [1.165, 1.54) is 24.6 Å². The molecular weight excluding hydrogens is 394 g/mol. The predicted octanol–water partition coefficient (Wildman–Crippen LogP) is 1.82. The van der Waals surface area contributed by atoms with Crippen molar-refractivity contribution in [2.24, 2.45) is 5.92 Å². The molecule has 1 N–H and O–H groups in total. The lowest BCUT2D eigenvalue weighted by molar-refractivity contribution is -0.126. The van der Waals surface area contributed by atoms with Gasteiger partial charge in [-0.15, -0.1) is 0 Å². The van der Waals surface area contributed by atoms with Crippen LogP contribution in [0.4, 0.5) is 0 Å². The summed E-state index contributed by atoms with van der Waals surface area (Å²) in [5, 5.41) is 2.85. The Morgan fingerprint density at radius 2 is 2.07 bits per heavy atom. The van der Waals surface area contributed by atoms with E-state index in [-0.39, 0.29) is 23.1 Å². The number of amides is 1. The highest BCUT2D eigenvalue weighted by Crippen LogP contribution is 2.32. The Morgan fingerprint density at radius 1 is 1.24 bits per heavy atom. The molecule has 0 bridgehead atoms. The number of ether oxygens (including phenoxy) is 2. The van der Waals surface area contributed by atoms with Crippen molar-refractivity contribution in [1.29, 1.82) is 0 Å². The number of nitrogens with one attached hydrogen (secondary N) is 1. The van der Waals surface area contributed by atoms with E-state index in [9.17, 15) is 13.2 Å². The van der Waals surface area contributed by atoms with E-state index < -0.39 is 15.9 Å². The van der Waals surface area contributed by atoms with Crippen molar-refractivity contribution in [3.63, 3.8) is 0 Å². The van der Waals surface area contributed by atoms with Gasteiger partial charge in [0.25, 0.3) is 0 Å². The highest BCUT2D eigenvalue weighted by molar-refractivity contribution is 7.89. The van der Waals surface area contributed by atoms with Crippen LogP contribution in [0.1, 0.15) is 18.5 Å². The third-order valence-corrected chi connectivity index (χ3v) is 6.80. The summed E-state index contributed by atoms with van der Waals surface area (Å²) in [5.41, 5.74) is 0.752. The molecule has 1 saturated heterocycles. The molecule has 2 aromatic rings. The summed E-state index contributed by atoms with van der Waals surface area (Å²) < 4.78 is 38.2. The summed E-state index contributed by atoms with van der Waals surface area (Å²) in [4.78, 5) is 16.8. The smallest absolute Gasteiger partial charge is 0.246 e. The average Bonchev–Trinajstić information content (AvgIpc) is 2.77. The third kappa shape index (κ3) is 4.86. The minimum Gasteiger partial charge on any atom is -0.497 e. The number of rotatable bonds is 7. The van der Waals surface area contributed by atoms with Crippen molar-refractivity contribution in [2.75, 3.05) is 27.3 Å². The van der Waals surface area contributed by atoms with Crippen LogP contribution in [-0.4, -0.2) is 50.9 Å². The number of benzene rings is 1. The molecule has 9 heteroatoms. The first-order chi connectivity index (χ1) is 14.0. The summed E-state index contributed by atoms with van der Waals surface area (Å²) in [6.45, 7) is 0.788. The number of carbonyl (C=O) groups excluding carboxylic acids is 1. The molecule has 1 aliphatic rings. The number of methoxy groups -OCH3 is 2.